The summed E-state index contributed by atoms with van der Waals surface area (Å²) in [5.41, 5.74) is 0. The molecule has 0 aliphatic carbocycles. The van der Waals surface area contributed by atoms with E-state index in [4.69, 9.17) is 19.3 Å². The Balaban J connectivity index is 3.91. The molecule has 0 bridgehead atoms. The molecule has 0 amide bonds. The number of hydrogen-bond acceptors (Lipinski definition) is 6. The van der Waals surface area contributed by atoms with Crippen molar-refractivity contribution in [2.45, 2.75) is 161 Å². The fraction of sp³-hybridized carbons (Fsp3) is 0.871. The zero-order valence-corrected chi connectivity index (χ0v) is 26.4. The number of hydrogen-bond donors (Lipinski definition) is 2. The van der Waals surface area contributed by atoms with E-state index in [0.717, 1.165) is 57.8 Å². The molecule has 0 aliphatic heterocycles. The van der Waals surface area contributed by atoms with Gasteiger partial charge in [-0.3, -0.25) is 14.1 Å². The number of ether oxygens (including phenoxy) is 2. The molecule has 236 valence electrons. The second-order valence-corrected chi connectivity index (χ2v) is 12.0. The van der Waals surface area contributed by atoms with E-state index < -0.39 is 32.5 Å². The summed E-state index contributed by atoms with van der Waals surface area (Å²) in [5.74, 6) is -0.902. The van der Waals surface area contributed by atoms with Gasteiger partial charge in [-0.25, -0.2) is 4.57 Å². The zero-order chi connectivity index (χ0) is 29.7. The van der Waals surface area contributed by atoms with E-state index in [0.29, 0.717) is 6.42 Å². The quantitative estimate of drug-likeness (QED) is 0.0384. The van der Waals surface area contributed by atoms with Crippen LogP contribution in [-0.2, 0) is 28.2 Å². The van der Waals surface area contributed by atoms with Crippen molar-refractivity contribution in [2.24, 2.45) is 0 Å². The van der Waals surface area contributed by atoms with E-state index in [1.807, 2.05) is 0 Å². The van der Waals surface area contributed by atoms with Crippen molar-refractivity contribution in [1.82, 2.24) is 0 Å². The van der Waals surface area contributed by atoms with Crippen LogP contribution in [-0.4, -0.2) is 41.0 Å². The monoisotopic (exact) mass is 590 g/mol. The summed E-state index contributed by atoms with van der Waals surface area (Å²) < 4.78 is 26.0. The average Bonchev–Trinajstić information content (AvgIpc) is 2.91. The molecule has 9 heteroatoms. The Kier molecular flexibility index (Phi) is 27.1. The van der Waals surface area contributed by atoms with Crippen LogP contribution >= 0.6 is 7.82 Å². The number of carbonyl (C=O) groups is 2. The number of allylic oxidation sites excluding steroid dienone is 2. The van der Waals surface area contributed by atoms with Crippen LogP contribution in [0.25, 0.3) is 0 Å². The Hall–Kier alpha value is -1.21. The first kappa shape index (κ1) is 38.8. The third-order valence-electron chi connectivity index (χ3n) is 6.78. The largest absolute Gasteiger partial charge is 0.469 e. The summed E-state index contributed by atoms with van der Waals surface area (Å²) >= 11 is 0. The molecule has 0 rings (SSSR count). The SMILES string of the molecule is CCCCCCCC/C=C\CCCCCCCCCC(=O)OC(COC(=O)CCCCCCC)COP(=O)(O)O. The lowest BCUT2D eigenvalue weighted by Crippen LogP contribution is -2.29. The maximum atomic E-state index is 12.2. The molecule has 0 aromatic rings. The lowest BCUT2D eigenvalue weighted by atomic mass is 10.1. The van der Waals surface area contributed by atoms with Gasteiger partial charge in [0.05, 0.1) is 6.61 Å². The Morgan fingerprint density at radius 2 is 1.05 bits per heavy atom. The minimum absolute atomic E-state index is 0.210. The molecule has 1 unspecified atom stereocenters. The molecule has 0 fully saturated rings. The van der Waals surface area contributed by atoms with E-state index in [1.165, 1.54) is 64.2 Å². The van der Waals surface area contributed by atoms with Crippen LogP contribution in [0, 0.1) is 0 Å². The van der Waals surface area contributed by atoms with Crippen molar-refractivity contribution >= 4 is 19.8 Å². The van der Waals surface area contributed by atoms with E-state index in [2.05, 4.69) is 30.5 Å². The maximum absolute atomic E-state index is 12.2. The van der Waals surface area contributed by atoms with Crippen LogP contribution in [0.5, 0.6) is 0 Å². The molecule has 0 aromatic heterocycles. The average molecular weight is 591 g/mol. The Morgan fingerprint density at radius 3 is 1.52 bits per heavy atom. The molecular weight excluding hydrogens is 531 g/mol. The van der Waals surface area contributed by atoms with Crippen molar-refractivity contribution in [3.8, 4) is 0 Å². The smallest absolute Gasteiger partial charge is 0.462 e. The van der Waals surface area contributed by atoms with E-state index in [9.17, 15) is 14.2 Å². The predicted molar refractivity (Wildman–Crippen MR) is 161 cm³/mol. The number of phosphoric ester groups is 1. The number of carbonyl (C=O) groups excluding carboxylic acids is 2. The van der Waals surface area contributed by atoms with Crippen LogP contribution in [0.1, 0.15) is 155 Å². The second-order valence-electron chi connectivity index (χ2n) is 10.8. The molecule has 0 saturated carbocycles. The summed E-state index contributed by atoms with van der Waals surface area (Å²) in [7, 11) is -4.73. The first-order valence-corrected chi connectivity index (χ1v) is 17.5. The fourth-order valence-corrected chi connectivity index (χ4v) is 4.73. The van der Waals surface area contributed by atoms with Gasteiger partial charge in [-0.1, -0.05) is 116 Å². The van der Waals surface area contributed by atoms with Crippen LogP contribution in [0.3, 0.4) is 0 Å². The van der Waals surface area contributed by atoms with Crippen LogP contribution in [0.2, 0.25) is 0 Å². The van der Waals surface area contributed by atoms with E-state index >= 15 is 0 Å². The molecule has 0 aromatic carbocycles. The lowest BCUT2D eigenvalue weighted by Gasteiger charge is -2.18. The highest BCUT2D eigenvalue weighted by Gasteiger charge is 2.22. The minimum atomic E-state index is -4.73. The Bertz CT molecular complexity index is 676. The van der Waals surface area contributed by atoms with Crippen LogP contribution < -0.4 is 0 Å². The second kappa shape index (κ2) is 27.9. The molecule has 8 nitrogen and oxygen atoms in total. The summed E-state index contributed by atoms with van der Waals surface area (Å²) in [4.78, 5) is 42.1. The molecule has 1 atom stereocenters. The number of rotatable bonds is 29. The van der Waals surface area contributed by atoms with Gasteiger partial charge in [0.2, 0.25) is 0 Å². The van der Waals surface area contributed by atoms with Gasteiger partial charge in [0.15, 0.2) is 6.10 Å². The van der Waals surface area contributed by atoms with Crippen molar-refractivity contribution in [1.29, 1.82) is 0 Å². The zero-order valence-electron chi connectivity index (χ0n) is 25.5. The highest BCUT2D eigenvalue weighted by Crippen LogP contribution is 2.35. The Morgan fingerprint density at radius 1 is 0.625 bits per heavy atom. The standard InChI is InChI=1S/C31H59O8P/c1-3-5-7-9-10-11-12-13-14-15-16-17-18-19-20-22-24-26-31(33)39-29(28-38-40(34,35)36)27-37-30(32)25-23-21-8-6-4-2/h13-14,29H,3-12,15-28H2,1-2H3,(H2,34,35,36)/b14-13-. The summed E-state index contributed by atoms with van der Waals surface area (Å²) in [5, 5.41) is 0. The topological polar surface area (TPSA) is 119 Å². The minimum Gasteiger partial charge on any atom is -0.462 e. The fourth-order valence-electron chi connectivity index (χ4n) is 4.37. The molecule has 40 heavy (non-hydrogen) atoms. The van der Waals surface area contributed by atoms with Crippen LogP contribution in [0.15, 0.2) is 12.2 Å². The number of unbranched alkanes of at least 4 members (excludes halogenated alkanes) is 17. The van der Waals surface area contributed by atoms with Gasteiger partial charge < -0.3 is 19.3 Å². The first-order valence-electron chi connectivity index (χ1n) is 16.0. The summed E-state index contributed by atoms with van der Waals surface area (Å²) in [6.45, 7) is 3.55. The first-order chi connectivity index (χ1) is 19.3. The number of phosphoric acid groups is 1. The molecule has 0 spiro atoms. The van der Waals surface area contributed by atoms with Gasteiger partial charge in [0, 0.05) is 12.8 Å². The third-order valence-corrected chi connectivity index (χ3v) is 7.27. The summed E-state index contributed by atoms with van der Waals surface area (Å²) in [6, 6.07) is 0. The lowest BCUT2D eigenvalue weighted by molar-refractivity contribution is -0.161. The van der Waals surface area contributed by atoms with Crippen molar-refractivity contribution in [3.05, 3.63) is 12.2 Å². The molecule has 2 N–H and O–H groups in total. The molecule has 0 heterocycles. The number of esters is 2. The van der Waals surface area contributed by atoms with Gasteiger partial charge in [-0.05, 0) is 38.5 Å². The van der Waals surface area contributed by atoms with Gasteiger partial charge >= 0.3 is 19.8 Å². The van der Waals surface area contributed by atoms with Gasteiger partial charge in [0.1, 0.15) is 6.61 Å². The molecule has 0 aliphatic rings. The van der Waals surface area contributed by atoms with E-state index in [-0.39, 0.29) is 19.4 Å². The van der Waals surface area contributed by atoms with Crippen molar-refractivity contribution in [3.63, 3.8) is 0 Å². The molecular formula is C31H59O8P. The predicted octanol–water partition coefficient (Wildman–Crippen LogP) is 8.73. The summed E-state index contributed by atoms with van der Waals surface area (Å²) in [6.07, 6.45) is 26.9. The van der Waals surface area contributed by atoms with Gasteiger partial charge in [-0.2, -0.15) is 0 Å². The normalized spacial score (nSPS) is 12.6. The van der Waals surface area contributed by atoms with Crippen molar-refractivity contribution in [2.75, 3.05) is 13.2 Å². The maximum Gasteiger partial charge on any atom is 0.469 e. The Labute approximate surface area is 244 Å². The van der Waals surface area contributed by atoms with Gasteiger partial charge in [0.25, 0.3) is 0 Å². The highest BCUT2D eigenvalue weighted by atomic mass is 31.2. The van der Waals surface area contributed by atoms with Crippen LogP contribution in [0.4, 0.5) is 0 Å². The molecule has 0 radical (unpaired) electrons. The van der Waals surface area contributed by atoms with Crippen molar-refractivity contribution < 1.29 is 37.9 Å². The highest BCUT2D eigenvalue weighted by molar-refractivity contribution is 7.46. The van der Waals surface area contributed by atoms with E-state index in [1.54, 1.807) is 0 Å². The van der Waals surface area contributed by atoms with Gasteiger partial charge in [-0.15, -0.1) is 0 Å². The molecule has 0 saturated heterocycles. The third kappa shape index (κ3) is 29.8.